The Balaban J connectivity index is 1.25. The topological polar surface area (TPSA) is 73.9 Å². The summed E-state index contributed by atoms with van der Waals surface area (Å²) in [5.41, 5.74) is 2.23. The maximum Gasteiger partial charge on any atom is 0.224 e. The van der Waals surface area contributed by atoms with Gasteiger partial charge in [0.25, 0.3) is 0 Å². The number of pyridine rings is 1. The highest BCUT2D eigenvalue weighted by molar-refractivity contribution is 5.78. The first-order valence-electron chi connectivity index (χ1n) is 8.76. The summed E-state index contributed by atoms with van der Waals surface area (Å²) in [6.07, 6.45) is 8.37. The van der Waals surface area contributed by atoms with Crippen LogP contribution >= 0.6 is 0 Å². The van der Waals surface area contributed by atoms with E-state index in [1.807, 2.05) is 12.1 Å². The number of hydrogen-bond acceptors (Lipinski definition) is 4. The molecular formula is C18H23N5O. The Morgan fingerprint density at radius 3 is 2.83 bits per heavy atom. The van der Waals surface area contributed by atoms with Crippen LogP contribution in [0.4, 0.5) is 5.82 Å². The summed E-state index contributed by atoms with van der Waals surface area (Å²) in [6, 6.07) is 6.25. The third kappa shape index (κ3) is 3.58. The predicted octanol–water partition coefficient (Wildman–Crippen LogP) is 2.01. The summed E-state index contributed by atoms with van der Waals surface area (Å²) in [7, 11) is 0. The molecule has 6 nitrogen and oxygen atoms in total. The van der Waals surface area contributed by atoms with Crippen molar-refractivity contribution in [3.8, 4) is 0 Å². The number of carbonyl (C=O) groups is 1. The number of nitrogens with one attached hydrogen (secondary N) is 2. The smallest absolute Gasteiger partial charge is 0.224 e. The summed E-state index contributed by atoms with van der Waals surface area (Å²) >= 11 is 0. The van der Waals surface area contributed by atoms with Gasteiger partial charge in [-0.2, -0.15) is 5.10 Å². The number of H-pyrrole nitrogens is 1. The van der Waals surface area contributed by atoms with Crippen LogP contribution in [0.5, 0.6) is 0 Å². The van der Waals surface area contributed by atoms with Crippen LogP contribution in [-0.2, 0) is 11.2 Å². The first-order valence-corrected chi connectivity index (χ1v) is 8.76. The van der Waals surface area contributed by atoms with Crippen LogP contribution in [-0.4, -0.2) is 40.2 Å². The molecule has 2 aromatic rings. The molecule has 126 valence electrons. The van der Waals surface area contributed by atoms with Gasteiger partial charge in [0.05, 0.1) is 6.42 Å². The number of hydrogen-bond donors (Lipinski definition) is 2. The van der Waals surface area contributed by atoms with E-state index in [1.54, 1.807) is 12.4 Å². The lowest BCUT2D eigenvalue weighted by Gasteiger charge is -2.32. The summed E-state index contributed by atoms with van der Waals surface area (Å²) in [5, 5.41) is 10.8. The zero-order chi connectivity index (χ0) is 16.4. The number of anilines is 1. The molecule has 2 aromatic heterocycles. The number of nitrogens with zero attached hydrogens (tertiary/aromatic N) is 3. The van der Waals surface area contributed by atoms with E-state index in [4.69, 9.17) is 0 Å². The number of carbonyl (C=O) groups excluding carboxylic acids is 1. The van der Waals surface area contributed by atoms with E-state index in [1.165, 1.54) is 18.5 Å². The normalized spacial score (nSPS) is 18.6. The Morgan fingerprint density at radius 1 is 1.29 bits per heavy atom. The fraction of sp³-hybridized carbons (Fsp3) is 0.500. The van der Waals surface area contributed by atoms with Crippen LogP contribution in [0, 0.1) is 0 Å². The Labute approximate surface area is 141 Å². The fourth-order valence-electron chi connectivity index (χ4n) is 3.31. The minimum Gasteiger partial charge on any atom is -0.355 e. The van der Waals surface area contributed by atoms with E-state index in [0.29, 0.717) is 12.3 Å². The van der Waals surface area contributed by atoms with E-state index in [-0.39, 0.29) is 11.9 Å². The average Bonchev–Trinajstić information content (AvgIpc) is 3.34. The molecule has 0 bridgehead atoms. The molecule has 0 radical (unpaired) electrons. The molecule has 1 aliphatic carbocycles. The fourth-order valence-corrected chi connectivity index (χ4v) is 3.31. The zero-order valence-electron chi connectivity index (χ0n) is 13.7. The van der Waals surface area contributed by atoms with E-state index in [0.717, 1.165) is 37.3 Å². The molecule has 1 aliphatic heterocycles. The summed E-state index contributed by atoms with van der Waals surface area (Å²) in [6.45, 7) is 1.87. The SMILES string of the molecule is O=C(Cc1cccnc1)NC1CCN(c2cc(C3CC3)[nH]n2)CC1. The van der Waals surface area contributed by atoms with E-state index in [2.05, 4.69) is 31.5 Å². The van der Waals surface area contributed by atoms with Crippen molar-refractivity contribution in [3.63, 3.8) is 0 Å². The molecule has 24 heavy (non-hydrogen) atoms. The van der Waals surface area contributed by atoms with E-state index >= 15 is 0 Å². The van der Waals surface area contributed by atoms with Gasteiger partial charge in [-0.25, -0.2) is 0 Å². The van der Waals surface area contributed by atoms with Crippen LogP contribution < -0.4 is 10.2 Å². The quantitative estimate of drug-likeness (QED) is 0.882. The van der Waals surface area contributed by atoms with Gasteiger partial charge < -0.3 is 10.2 Å². The van der Waals surface area contributed by atoms with Gasteiger partial charge in [0, 0.05) is 49.2 Å². The van der Waals surface area contributed by atoms with Crippen molar-refractivity contribution < 1.29 is 4.79 Å². The molecule has 6 heteroatoms. The van der Waals surface area contributed by atoms with Gasteiger partial charge in [-0.3, -0.25) is 14.9 Å². The van der Waals surface area contributed by atoms with Crippen molar-refractivity contribution in [2.24, 2.45) is 0 Å². The number of aromatic amines is 1. The van der Waals surface area contributed by atoms with Crippen molar-refractivity contribution in [1.29, 1.82) is 0 Å². The molecule has 0 atom stereocenters. The molecule has 0 unspecified atom stereocenters. The number of rotatable bonds is 5. The van der Waals surface area contributed by atoms with Crippen LogP contribution in [0.3, 0.4) is 0 Å². The van der Waals surface area contributed by atoms with Gasteiger partial charge in [-0.1, -0.05) is 6.07 Å². The van der Waals surface area contributed by atoms with Crippen molar-refractivity contribution in [2.45, 2.75) is 44.1 Å². The van der Waals surface area contributed by atoms with E-state index < -0.39 is 0 Å². The lowest BCUT2D eigenvalue weighted by Crippen LogP contribution is -2.45. The Bertz CT molecular complexity index is 686. The first-order chi connectivity index (χ1) is 11.8. The predicted molar refractivity (Wildman–Crippen MR) is 91.9 cm³/mol. The Hall–Kier alpha value is -2.37. The second-order valence-electron chi connectivity index (χ2n) is 6.82. The molecule has 3 heterocycles. The second-order valence-corrected chi connectivity index (χ2v) is 6.82. The van der Waals surface area contributed by atoms with Gasteiger partial charge in [-0.15, -0.1) is 0 Å². The largest absolute Gasteiger partial charge is 0.355 e. The Kier molecular flexibility index (Phi) is 4.19. The Morgan fingerprint density at radius 2 is 2.12 bits per heavy atom. The third-order valence-electron chi connectivity index (χ3n) is 4.87. The third-order valence-corrected chi connectivity index (χ3v) is 4.87. The average molecular weight is 325 g/mol. The molecule has 2 aliphatic rings. The van der Waals surface area contributed by atoms with Crippen molar-refractivity contribution >= 4 is 11.7 Å². The molecule has 2 fully saturated rings. The summed E-state index contributed by atoms with van der Waals surface area (Å²) < 4.78 is 0. The maximum absolute atomic E-state index is 12.1. The number of aromatic nitrogens is 3. The minimum atomic E-state index is 0.0808. The second kappa shape index (κ2) is 6.63. The monoisotopic (exact) mass is 325 g/mol. The lowest BCUT2D eigenvalue weighted by molar-refractivity contribution is -0.121. The summed E-state index contributed by atoms with van der Waals surface area (Å²) in [4.78, 5) is 18.5. The van der Waals surface area contributed by atoms with Crippen LogP contribution in [0.25, 0.3) is 0 Å². The zero-order valence-corrected chi connectivity index (χ0v) is 13.7. The number of amides is 1. The minimum absolute atomic E-state index is 0.0808. The highest BCUT2D eigenvalue weighted by atomic mass is 16.1. The van der Waals surface area contributed by atoms with Gasteiger partial charge in [-0.05, 0) is 37.3 Å². The molecule has 1 saturated carbocycles. The van der Waals surface area contributed by atoms with Crippen molar-refractivity contribution in [1.82, 2.24) is 20.5 Å². The highest BCUT2D eigenvalue weighted by Crippen LogP contribution is 2.40. The highest BCUT2D eigenvalue weighted by Gasteiger charge is 2.27. The lowest BCUT2D eigenvalue weighted by atomic mass is 10.0. The standard InChI is InChI=1S/C18H23N5O/c24-18(10-13-2-1-7-19-12-13)20-15-5-8-23(9-6-15)17-11-16(21-22-17)14-3-4-14/h1-2,7,11-12,14-15H,3-6,8-10H2,(H,20,24)(H,21,22). The first kappa shape index (κ1) is 15.2. The molecular weight excluding hydrogens is 302 g/mol. The molecule has 0 spiro atoms. The van der Waals surface area contributed by atoms with Crippen molar-refractivity contribution in [2.75, 3.05) is 18.0 Å². The van der Waals surface area contributed by atoms with Gasteiger partial charge in [0.15, 0.2) is 5.82 Å². The van der Waals surface area contributed by atoms with Gasteiger partial charge in [0.2, 0.25) is 5.91 Å². The molecule has 4 rings (SSSR count). The van der Waals surface area contributed by atoms with Gasteiger partial charge >= 0.3 is 0 Å². The van der Waals surface area contributed by atoms with Crippen LogP contribution in [0.2, 0.25) is 0 Å². The molecule has 0 aromatic carbocycles. The summed E-state index contributed by atoms with van der Waals surface area (Å²) in [5.74, 6) is 1.84. The number of piperidine rings is 1. The molecule has 1 saturated heterocycles. The van der Waals surface area contributed by atoms with E-state index in [9.17, 15) is 4.79 Å². The molecule has 2 N–H and O–H groups in total. The van der Waals surface area contributed by atoms with Gasteiger partial charge in [0.1, 0.15) is 0 Å². The maximum atomic E-state index is 12.1. The van der Waals surface area contributed by atoms with Crippen molar-refractivity contribution in [3.05, 3.63) is 41.9 Å². The van der Waals surface area contributed by atoms with Crippen LogP contribution in [0.1, 0.15) is 42.9 Å². The molecule has 1 amide bonds. The van der Waals surface area contributed by atoms with Crippen LogP contribution in [0.15, 0.2) is 30.6 Å².